The molecule has 0 aliphatic rings. The van der Waals surface area contributed by atoms with E-state index >= 15 is 0 Å². The fourth-order valence-electron chi connectivity index (χ4n) is 2.24. The number of anilines is 2. The van der Waals surface area contributed by atoms with E-state index in [1.807, 2.05) is 0 Å². The monoisotopic (exact) mass is 304 g/mol. The van der Waals surface area contributed by atoms with Crippen LogP contribution in [0.25, 0.3) is 10.9 Å². The number of fused-ring (bicyclic) bond motifs is 1. The van der Waals surface area contributed by atoms with Crippen LogP contribution in [0.4, 0.5) is 11.8 Å². The van der Waals surface area contributed by atoms with Crippen LogP contribution in [0.15, 0.2) is 18.2 Å². The van der Waals surface area contributed by atoms with Crippen molar-refractivity contribution in [2.24, 2.45) is 0 Å². The molecule has 1 heterocycles. The number of nitrogen functional groups attached to an aromatic ring is 1. The smallest absolute Gasteiger partial charge is 0.335 e. The highest BCUT2D eigenvalue weighted by atomic mass is 16.4. The Balaban J connectivity index is 2.38. The van der Waals surface area contributed by atoms with E-state index in [0.29, 0.717) is 16.7 Å². The minimum atomic E-state index is -1.02. The van der Waals surface area contributed by atoms with Crippen molar-refractivity contribution < 1.29 is 15.0 Å². The number of nitrogens with two attached hydrogens (primary N) is 1. The summed E-state index contributed by atoms with van der Waals surface area (Å²) in [6.45, 7) is 2.07. The van der Waals surface area contributed by atoms with E-state index in [2.05, 4.69) is 22.2 Å². The number of nitrogens with zero attached hydrogens (tertiary/aromatic N) is 2. The van der Waals surface area contributed by atoms with Crippen LogP contribution in [-0.4, -0.2) is 38.8 Å². The summed E-state index contributed by atoms with van der Waals surface area (Å²) >= 11 is 0. The SMILES string of the molecule is CCCCC(CO)Nc1nc(N)nc2cc(C(=O)O)ccc12. The van der Waals surface area contributed by atoms with E-state index in [4.69, 9.17) is 10.8 Å². The maximum Gasteiger partial charge on any atom is 0.335 e. The fraction of sp³-hybridized carbons (Fsp3) is 0.400. The molecule has 0 aliphatic heterocycles. The molecule has 0 saturated heterocycles. The van der Waals surface area contributed by atoms with Gasteiger partial charge < -0.3 is 21.3 Å². The van der Waals surface area contributed by atoms with Gasteiger partial charge in [-0.15, -0.1) is 0 Å². The van der Waals surface area contributed by atoms with Crippen molar-refractivity contribution in [3.8, 4) is 0 Å². The largest absolute Gasteiger partial charge is 0.478 e. The first-order chi connectivity index (χ1) is 10.5. The third-order valence-electron chi connectivity index (χ3n) is 3.43. The zero-order valence-electron chi connectivity index (χ0n) is 12.4. The van der Waals surface area contributed by atoms with Gasteiger partial charge in [0.25, 0.3) is 0 Å². The van der Waals surface area contributed by atoms with Crippen LogP contribution in [0.3, 0.4) is 0 Å². The highest BCUT2D eigenvalue weighted by molar-refractivity contribution is 5.96. The Morgan fingerprint density at radius 3 is 2.82 bits per heavy atom. The fourth-order valence-corrected chi connectivity index (χ4v) is 2.24. The second kappa shape index (κ2) is 7.04. The molecule has 7 nitrogen and oxygen atoms in total. The van der Waals surface area contributed by atoms with Crippen molar-refractivity contribution in [1.29, 1.82) is 0 Å². The number of nitrogens with one attached hydrogen (secondary N) is 1. The predicted molar refractivity (Wildman–Crippen MR) is 84.9 cm³/mol. The average molecular weight is 304 g/mol. The minimum Gasteiger partial charge on any atom is -0.478 e. The van der Waals surface area contributed by atoms with Crippen LogP contribution in [0.1, 0.15) is 36.5 Å². The molecule has 0 fully saturated rings. The molecule has 1 aromatic heterocycles. The van der Waals surface area contributed by atoms with E-state index in [1.54, 1.807) is 6.07 Å². The summed E-state index contributed by atoms with van der Waals surface area (Å²) in [5.41, 5.74) is 6.30. The van der Waals surface area contributed by atoms with Gasteiger partial charge in [-0.25, -0.2) is 9.78 Å². The van der Waals surface area contributed by atoms with Crippen molar-refractivity contribution in [2.45, 2.75) is 32.2 Å². The van der Waals surface area contributed by atoms with Crippen LogP contribution >= 0.6 is 0 Å². The van der Waals surface area contributed by atoms with Gasteiger partial charge in [0, 0.05) is 5.39 Å². The lowest BCUT2D eigenvalue weighted by Crippen LogP contribution is -2.24. The van der Waals surface area contributed by atoms with Crippen molar-refractivity contribution in [3.63, 3.8) is 0 Å². The maximum absolute atomic E-state index is 11.0. The number of aliphatic hydroxyl groups is 1. The predicted octanol–water partition coefficient (Wildman–Crippen LogP) is 1.87. The number of aliphatic hydroxyl groups excluding tert-OH is 1. The number of carbonyl (C=O) groups is 1. The zero-order chi connectivity index (χ0) is 16.1. The van der Waals surface area contributed by atoms with Crippen LogP contribution < -0.4 is 11.1 Å². The first-order valence-corrected chi connectivity index (χ1v) is 7.23. The molecular formula is C15H20N4O3. The molecule has 0 saturated carbocycles. The Bertz CT molecular complexity index is 675. The highest BCUT2D eigenvalue weighted by Crippen LogP contribution is 2.23. The Kier molecular flexibility index (Phi) is 5.11. The third-order valence-corrected chi connectivity index (χ3v) is 3.43. The highest BCUT2D eigenvalue weighted by Gasteiger charge is 2.13. The third kappa shape index (κ3) is 3.62. The van der Waals surface area contributed by atoms with Gasteiger partial charge in [-0.1, -0.05) is 19.8 Å². The molecule has 1 unspecified atom stereocenters. The van der Waals surface area contributed by atoms with Gasteiger partial charge >= 0.3 is 5.97 Å². The number of rotatable bonds is 7. The summed E-state index contributed by atoms with van der Waals surface area (Å²) < 4.78 is 0. The number of hydrogen-bond donors (Lipinski definition) is 4. The van der Waals surface area contributed by atoms with E-state index in [0.717, 1.165) is 19.3 Å². The average Bonchev–Trinajstić information content (AvgIpc) is 2.50. The van der Waals surface area contributed by atoms with Crippen molar-refractivity contribution in [1.82, 2.24) is 9.97 Å². The number of carboxylic acid groups (broad SMARTS) is 1. The second-order valence-corrected chi connectivity index (χ2v) is 5.13. The maximum atomic E-state index is 11.0. The van der Waals surface area contributed by atoms with Crippen molar-refractivity contribution in [3.05, 3.63) is 23.8 Å². The molecule has 5 N–H and O–H groups in total. The minimum absolute atomic E-state index is 0.0153. The van der Waals surface area contributed by atoms with Gasteiger partial charge in [0.1, 0.15) is 5.82 Å². The number of benzene rings is 1. The Hall–Kier alpha value is -2.41. The molecule has 7 heteroatoms. The number of hydrogen-bond acceptors (Lipinski definition) is 6. The van der Waals surface area contributed by atoms with E-state index in [1.165, 1.54) is 12.1 Å². The topological polar surface area (TPSA) is 121 Å². The van der Waals surface area contributed by atoms with Crippen LogP contribution in [0.5, 0.6) is 0 Å². The lowest BCUT2D eigenvalue weighted by molar-refractivity contribution is 0.0697. The molecule has 0 radical (unpaired) electrons. The number of carboxylic acids is 1. The first-order valence-electron chi connectivity index (χ1n) is 7.23. The Morgan fingerprint density at radius 2 is 2.18 bits per heavy atom. The number of aromatic carboxylic acids is 1. The van der Waals surface area contributed by atoms with Gasteiger partial charge in [0.2, 0.25) is 5.95 Å². The molecule has 0 spiro atoms. The van der Waals surface area contributed by atoms with E-state index in [-0.39, 0.29) is 24.2 Å². The quantitative estimate of drug-likeness (QED) is 0.616. The van der Waals surface area contributed by atoms with Gasteiger partial charge in [0.15, 0.2) is 0 Å². The van der Waals surface area contributed by atoms with Gasteiger partial charge in [-0.05, 0) is 24.6 Å². The normalized spacial score (nSPS) is 12.3. The standard InChI is InChI=1S/C15H20N4O3/c1-2-3-4-10(8-20)17-13-11-6-5-9(14(21)22)7-12(11)18-15(16)19-13/h5-7,10,20H,2-4,8H2,1H3,(H,21,22)(H3,16,17,18,19). The summed E-state index contributed by atoms with van der Waals surface area (Å²) in [4.78, 5) is 19.3. The Labute approximate surface area is 128 Å². The molecule has 1 aromatic carbocycles. The molecule has 0 aliphatic carbocycles. The molecule has 2 rings (SSSR count). The second-order valence-electron chi connectivity index (χ2n) is 5.13. The van der Waals surface area contributed by atoms with E-state index < -0.39 is 5.97 Å². The van der Waals surface area contributed by atoms with Gasteiger partial charge in [0.05, 0.1) is 23.7 Å². The van der Waals surface area contributed by atoms with Crippen LogP contribution in [-0.2, 0) is 0 Å². The molecule has 2 aromatic rings. The molecule has 0 bridgehead atoms. The lowest BCUT2D eigenvalue weighted by Gasteiger charge is -2.18. The molecule has 1 atom stereocenters. The number of unbranched alkanes of at least 4 members (excludes halogenated alkanes) is 1. The zero-order valence-corrected chi connectivity index (χ0v) is 12.4. The Morgan fingerprint density at radius 1 is 1.41 bits per heavy atom. The van der Waals surface area contributed by atoms with Crippen molar-refractivity contribution in [2.75, 3.05) is 17.7 Å². The first kappa shape index (κ1) is 16.0. The van der Waals surface area contributed by atoms with Crippen molar-refractivity contribution >= 4 is 28.6 Å². The summed E-state index contributed by atoms with van der Waals surface area (Å²) in [6.07, 6.45) is 2.83. The summed E-state index contributed by atoms with van der Waals surface area (Å²) in [6, 6.07) is 4.47. The molecular weight excluding hydrogens is 284 g/mol. The van der Waals surface area contributed by atoms with Crippen LogP contribution in [0, 0.1) is 0 Å². The van der Waals surface area contributed by atoms with Crippen LogP contribution in [0.2, 0.25) is 0 Å². The summed E-state index contributed by atoms with van der Waals surface area (Å²) in [5.74, 6) is -0.455. The summed E-state index contributed by atoms with van der Waals surface area (Å²) in [7, 11) is 0. The lowest BCUT2D eigenvalue weighted by atomic mass is 10.1. The molecule has 118 valence electrons. The van der Waals surface area contributed by atoms with Gasteiger partial charge in [-0.2, -0.15) is 4.98 Å². The van der Waals surface area contributed by atoms with Gasteiger partial charge in [-0.3, -0.25) is 0 Å². The summed E-state index contributed by atoms with van der Waals surface area (Å²) in [5, 5.41) is 22.3. The molecule has 22 heavy (non-hydrogen) atoms. The number of aromatic nitrogens is 2. The van der Waals surface area contributed by atoms with E-state index in [9.17, 15) is 9.90 Å². The molecule has 0 amide bonds.